The minimum absolute atomic E-state index is 0.0124. The van der Waals surface area contributed by atoms with E-state index in [9.17, 15) is 9.59 Å². The molecule has 0 aromatic heterocycles. The predicted molar refractivity (Wildman–Crippen MR) is 84.5 cm³/mol. The Labute approximate surface area is 126 Å². The zero-order chi connectivity index (χ0) is 15.2. The van der Waals surface area contributed by atoms with Crippen molar-refractivity contribution in [3.8, 4) is 0 Å². The van der Waals surface area contributed by atoms with E-state index in [1.54, 1.807) is 0 Å². The number of anilines is 1. The van der Waals surface area contributed by atoms with E-state index in [1.165, 1.54) is 0 Å². The van der Waals surface area contributed by atoms with Crippen LogP contribution in [0, 0.1) is 6.92 Å². The third kappa shape index (κ3) is 3.84. The monoisotopic (exact) mass is 288 g/mol. The molecular formula is C17H24N2O2. The SMILES string of the molecule is CCCCC(=O)Nc1c(C)cccc1C(=O)N1CCCC1. The second-order valence-electron chi connectivity index (χ2n) is 5.65. The first-order valence-corrected chi connectivity index (χ1v) is 7.82. The summed E-state index contributed by atoms with van der Waals surface area (Å²) >= 11 is 0. The summed E-state index contributed by atoms with van der Waals surface area (Å²) in [7, 11) is 0. The number of likely N-dealkylation sites (tertiary alicyclic amines) is 1. The number of nitrogens with zero attached hydrogens (tertiary/aromatic N) is 1. The molecule has 4 heteroatoms. The van der Waals surface area contributed by atoms with Gasteiger partial charge < -0.3 is 10.2 Å². The Balaban J connectivity index is 2.19. The summed E-state index contributed by atoms with van der Waals surface area (Å²) in [6.45, 7) is 5.62. The Bertz CT molecular complexity index is 520. The molecule has 21 heavy (non-hydrogen) atoms. The molecule has 0 bridgehead atoms. The number of para-hydroxylation sites is 1. The van der Waals surface area contributed by atoms with Gasteiger partial charge in [-0.1, -0.05) is 25.5 Å². The average Bonchev–Trinajstić information content (AvgIpc) is 3.00. The Morgan fingerprint density at radius 2 is 1.95 bits per heavy atom. The molecule has 1 fully saturated rings. The molecule has 114 valence electrons. The zero-order valence-corrected chi connectivity index (χ0v) is 12.9. The highest BCUT2D eigenvalue weighted by molar-refractivity contribution is 6.04. The quantitative estimate of drug-likeness (QED) is 0.903. The van der Waals surface area contributed by atoms with E-state index in [1.807, 2.05) is 30.0 Å². The first-order chi connectivity index (χ1) is 10.1. The van der Waals surface area contributed by atoms with Crippen LogP contribution in [0.25, 0.3) is 0 Å². The van der Waals surface area contributed by atoms with Crippen LogP contribution in [-0.4, -0.2) is 29.8 Å². The number of carbonyl (C=O) groups excluding carboxylic acids is 2. The Morgan fingerprint density at radius 1 is 1.24 bits per heavy atom. The predicted octanol–water partition coefficient (Wildman–Crippen LogP) is 3.36. The van der Waals surface area contributed by atoms with E-state index in [2.05, 4.69) is 12.2 Å². The van der Waals surface area contributed by atoms with Crippen molar-refractivity contribution < 1.29 is 9.59 Å². The van der Waals surface area contributed by atoms with Gasteiger partial charge in [-0.05, 0) is 37.8 Å². The van der Waals surface area contributed by atoms with Gasteiger partial charge in [0.25, 0.3) is 5.91 Å². The fourth-order valence-electron chi connectivity index (χ4n) is 2.64. The number of hydrogen-bond acceptors (Lipinski definition) is 2. The van der Waals surface area contributed by atoms with Crippen LogP contribution in [0.2, 0.25) is 0 Å². The fraction of sp³-hybridized carbons (Fsp3) is 0.529. The van der Waals surface area contributed by atoms with Crippen LogP contribution in [0.3, 0.4) is 0 Å². The number of nitrogens with one attached hydrogen (secondary N) is 1. The maximum Gasteiger partial charge on any atom is 0.255 e. The molecule has 1 aliphatic heterocycles. The maximum atomic E-state index is 12.6. The largest absolute Gasteiger partial charge is 0.339 e. The Kier molecular flexibility index (Phi) is 5.37. The number of aryl methyl sites for hydroxylation is 1. The van der Waals surface area contributed by atoms with E-state index in [4.69, 9.17) is 0 Å². The molecule has 1 heterocycles. The molecule has 0 aliphatic carbocycles. The molecule has 0 unspecified atom stereocenters. The van der Waals surface area contributed by atoms with Crippen LogP contribution in [0.15, 0.2) is 18.2 Å². The summed E-state index contributed by atoms with van der Waals surface area (Å²) < 4.78 is 0. The smallest absolute Gasteiger partial charge is 0.255 e. The van der Waals surface area contributed by atoms with Crippen molar-refractivity contribution in [3.05, 3.63) is 29.3 Å². The molecule has 0 radical (unpaired) electrons. The highest BCUT2D eigenvalue weighted by Crippen LogP contribution is 2.24. The molecular weight excluding hydrogens is 264 g/mol. The number of carbonyl (C=O) groups is 2. The van der Waals surface area contributed by atoms with Crippen molar-refractivity contribution >= 4 is 17.5 Å². The van der Waals surface area contributed by atoms with Crippen molar-refractivity contribution in [2.45, 2.75) is 46.0 Å². The molecule has 2 rings (SSSR count). The van der Waals surface area contributed by atoms with Gasteiger partial charge in [-0.2, -0.15) is 0 Å². The van der Waals surface area contributed by atoms with Crippen LogP contribution in [0.5, 0.6) is 0 Å². The van der Waals surface area contributed by atoms with Gasteiger partial charge in [0.15, 0.2) is 0 Å². The number of benzene rings is 1. The molecule has 1 N–H and O–H groups in total. The summed E-state index contributed by atoms with van der Waals surface area (Å²) in [5.74, 6) is 0.0172. The van der Waals surface area contributed by atoms with Crippen molar-refractivity contribution in [1.82, 2.24) is 4.90 Å². The lowest BCUT2D eigenvalue weighted by Crippen LogP contribution is -2.29. The highest BCUT2D eigenvalue weighted by atomic mass is 16.2. The molecule has 1 aromatic carbocycles. The number of rotatable bonds is 5. The van der Waals surface area contributed by atoms with Gasteiger partial charge in [0.05, 0.1) is 11.3 Å². The summed E-state index contributed by atoms with van der Waals surface area (Å²) in [5.41, 5.74) is 2.22. The minimum atomic E-state index is -0.0124. The van der Waals surface area contributed by atoms with Crippen molar-refractivity contribution in [3.63, 3.8) is 0 Å². The maximum absolute atomic E-state index is 12.6. The first-order valence-electron chi connectivity index (χ1n) is 7.82. The molecule has 1 aromatic rings. The molecule has 2 amide bonds. The molecule has 0 atom stereocenters. The van der Waals surface area contributed by atoms with Crippen LogP contribution in [0.4, 0.5) is 5.69 Å². The van der Waals surface area contributed by atoms with Gasteiger partial charge >= 0.3 is 0 Å². The van der Waals surface area contributed by atoms with Gasteiger partial charge in [0.2, 0.25) is 5.91 Å². The summed E-state index contributed by atoms with van der Waals surface area (Å²) in [4.78, 5) is 26.4. The molecule has 0 saturated carbocycles. The summed E-state index contributed by atoms with van der Waals surface area (Å²) in [6, 6.07) is 5.61. The van der Waals surface area contributed by atoms with E-state index < -0.39 is 0 Å². The Morgan fingerprint density at radius 3 is 2.62 bits per heavy atom. The number of hydrogen-bond donors (Lipinski definition) is 1. The van der Waals surface area contributed by atoms with Crippen LogP contribution < -0.4 is 5.32 Å². The standard InChI is InChI=1S/C17H24N2O2/c1-3-4-10-15(20)18-16-13(2)8-7-9-14(16)17(21)19-11-5-6-12-19/h7-9H,3-6,10-12H2,1-2H3,(H,18,20). The van der Waals surface area contributed by atoms with Crippen LogP contribution in [0.1, 0.15) is 54.9 Å². The van der Waals surface area contributed by atoms with Gasteiger partial charge in [-0.3, -0.25) is 9.59 Å². The summed E-state index contributed by atoms with van der Waals surface area (Å²) in [5, 5.41) is 2.93. The Hall–Kier alpha value is -1.84. The van der Waals surface area contributed by atoms with E-state index in [-0.39, 0.29) is 11.8 Å². The molecule has 1 aliphatic rings. The molecule has 0 spiro atoms. The topological polar surface area (TPSA) is 49.4 Å². The third-order valence-electron chi connectivity index (χ3n) is 3.92. The van der Waals surface area contributed by atoms with Gasteiger partial charge in [-0.15, -0.1) is 0 Å². The van der Waals surface area contributed by atoms with E-state index in [0.717, 1.165) is 44.3 Å². The van der Waals surface area contributed by atoms with Gasteiger partial charge in [0, 0.05) is 19.5 Å². The first kappa shape index (κ1) is 15.5. The second kappa shape index (κ2) is 7.25. The lowest BCUT2D eigenvalue weighted by molar-refractivity contribution is -0.116. The van der Waals surface area contributed by atoms with Crippen molar-refractivity contribution in [1.29, 1.82) is 0 Å². The number of amides is 2. The molecule has 4 nitrogen and oxygen atoms in total. The fourth-order valence-corrected chi connectivity index (χ4v) is 2.64. The van der Waals surface area contributed by atoms with Gasteiger partial charge in [-0.25, -0.2) is 0 Å². The normalized spacial score (nSPS) is 14.3. The third-order valence-corrected chi connectivity index (χ3v) is 3.92. The van der Waals surface area contributed by atoms with Crippen LogP contribution in [-0.2, 0) is 4.79 Å². The number of unbranched alkanes of at least 4 members (excludes halogenated alkanes) is 1. The highest BCUT2D eigenvalue weighted by Gasteiger charge is 2.23. The molecule has 1 saturated heterocycles. The van der Waals surface area contributed by atoms with Crippen molar-refractivity contribution in [2.75, 3.05) is 18.4 Å². The minimum Gasteiger partial charge on any atom is -0.339 e. The lowest BCUT2D eigenvalue weighted by Gasteiger charge is -2.19. The average molecular weight is 288 g/mol. The van der Waals surface area contributed by atoms with Crippen LogP contribution >= 0.6 is 0 Å². The lowest BCUT2D eigenvalue weighted by atomic mass is 10.1. The van der Waals surface area contributed by atoms with E-state index in [0.29, 0.717) is 17.7 Å². The van der Waals surface area contributed by atoms with Gasteiger partial charge in [0.1, 0.15) is 0 Å². The van der Waals surface area contributed by atoms with Crippen molar-refractivity contribution in [2.24, 2.45) is 0 Å². The van der Waals surface area contributed by atoms with E-state index >= 15 is 0 Å². The zero-order valence-electron chi connectivity index (χ0n) is 12.9. The second-order valence-corrected chi connectivity index (χ2v) is 5.65. The summed E-state index contributed by atoms with van der Waals surface area (Å²) in [6.07, 6.45) is 4.49.